The van der Waals surface area contributed by atoms with E-state index >= 15 is 0 Å². The first-order chi connectivity index (χ1) is 15.0. The van der Waals surface area contributed by atoms with E-state index in [-0.39, 0.29) is 12.5 Å². The Hall–Kier alpha value is -3.63. The Kier molecular flexibility index (Phi) is 7.41. The van der Waals surface area contributed by atoms with Crippen molar-refractivity contribution < 1.29 is 14.3 Å². The number of methoxy groups -OCH3 is 1. The van der Waals surface area contributed by atoms with Crippen molar-refractivity contribution >= 4 is 17.6 Å². The summed E-state index contributed by atoms with van der Waals surface area (Å²) in [7, 11) is 1.31. The highest BCUT2D eigenvalue weighted by atomic mass is 16.5. The second-order valence-corrected chi connectivity index (χ2v) is 6.91. The largest absolute Gasteiger partial charge is 0.468 e. The minimum Gasteiger partial charge on any atom is -0.468 e. The zero-order valence-corrected chi connectivity index (χ0v) is 17.4. The smallest absolute Gasteiger partial charge is 0.327 e. The van der Waals surface area contributed by atoms with Gasteiger partial charge < -0.3 is 15.8 Å². The fourth-order valence-electron chi connectivity index (χ4n) is 3.12. The van der Waals surface area contributed by atoms with E-state index in [4.69, 9.17) is 10.5 Å². The van der Waals surface area contributed by atoms with E-state index in [0.717, 1.165) is 16.7 Å². The highest BCUT2D eigenvalue weighted by molar-refractivity contribution is 5.88. The number of ether oxygens (including phenoxy) is 1. The van der Waals surface area contributed by atoms with Gasteiger partial charge in [0.15, 0.2) is 5.82 Å². The first-order valence-corrected chi connectivity index (χ1v) is 9.72. The molecule has 0 radical (unpaired) electrons. The van der Waals surface area contributed by atoms with Gasteiger partial charge in [-0.1, -0.05) is 36.4 Å². The van der Waals surface area contributed by atoms with E-state index in [9.17, 15) is 9.59 Å². The number of hydrogen-bond donors (Lipinski definition) is 3. The van der Waals surface area contributed by atoms with E-state index in [1.54, 1.807) is 12.1 Å². The molecule has 3 rings (SSSR count). The number of nitrogens with two attached hydrogens (primary N) is 1. The van der Waals surface area contributed by atoms with Crippen LogP contribution in [0.3, 0.4) is 0 Å². The third kappa shape index (κ3) is 5.93. The molecule has 162 valence electrons. The van der Waals surface area contributed by atoms with Crippen LogP contribution in [0.2, 0.25) is 0 Å². The highest BCUT2D eigenvalue weighted by Crippen LogP contribution is 2.23. The van der Waals surface area contributed by atoms with Crippen LogP contribution in [0.4, 0.5) is 5.69 Å². The molecule has 1 heterocycles. The lowest BCUT2D eigenvalue weighted by molar-refractivity contribution is -0.141. The third-order valence-corrected chi connectivity index (χ3v) is 4.63. The van der Waals surface area contributed by atoms with Crippen LogP contribution in [0.5, 0.6) is 0 Å². The molecule has 0 saturated heterocycles. The van der Waals surface area contributed by atoms with E-state index in [1.807, 2.05) is 36.4 Å². The normalized spacial score (nSPS) is 11.7. The summed E-state index contributed by atoms with van der Waals surface area (Å²) in [5.74, 6) is -0.138. The van der Waals surface area contributed by atoms with Crippen LogP contribution in [0.25, 0.3) is 0 Å². The van der Waals surface area contributed by atoms with Crippen LogP contribution in [-0.4, -0.2) is 39.2 Å². The molecule has 31 heavy (non-hydrogen) atoms. The van der Waals surface area contributed by atoms with Crippen molar-refractivity contribution in [3.63, 3.8) is 0 Å². The molecule has 10 nitrogen and oxygen atoms in total. The van der Waals surface area contributed by atoms with Gasteiger partial charge in [-0.3, -0.25) is 14.9 Å². The summed E-state index contributed by atoms with van der Waals surface area (Å²) in [6.07, 6.45) is 0. The van der Waals surface area contributed by atoms with Crippen molar-refractivity contribution in [2.75, 3.05) is 12.4 Å². The average Bonchev–Trinajstić information content (AvgIpc) is 3.22. The number of nitrogens with zero attached hydrogens (tertiary/aromatic N) is 4. The molecule has 1 aromatic heterocycles. The summed E-state index contributed by atoms with van der Waals surface area (Å²) in [6, 6.07) is 14.9. The summed E-state index contributed by atoms with van der Waals surface area (Å²) in [4.78, 5) is 23.1. The second-order valence-electron chi connectivity index (χ2n) is 6.91. The maximum Gasteiger partial charge on any atom is 0.327 e. The number of hydrogen-bond acceptors (Lipinski definition) is 8. The maximum atomic E-state index is 11.8. The predicted octanol–water partition coefficient (Wildman–Crippen LogP) is 1.14. The fraction of sp³-hybridized carbons (Fsp3) is 0.286. The molecule has 1 unspecified atom stereocenters. The van der Waals surface area contributed by atoms with Crippen molar-refractivity contribution in [2.24, 2.45) is 5.73 Å². The van der Waals surface area contributed by atoms with Crippen LogP contribution in [0, 0.1) is 0 Å². The van der Waals surface area contributed by atoms with Gasteiger partial charge in [0.25, 0.3) is 0 Å². The zero-order valence-electron chi connectivity index (χ0n) is 17.4. The van der Waals surface area contributed by atoms with Crippen molar-refractivity contribution in [3.05, 3.63) is 71.0 Å². The first-order valence-electron chi connectivity index (χ1n) is 9.72. The van der Waals surface area contributed by atoms with Gasteiger partial charge in [0.2, 0.25) is 5.91 Å². The van der Waals surface area contributed by atoms with Gasteiger partial charge in [-0.2, -0.15) is 0 Å². The second kappa shape index (κ2) is 10.4. The summed E-state index contributed by atoms with van der Waals surface area (Å²) >= 11 is 0. The standard InChI is InChI=1S/C21H25N7O3/c1-14(29)24-18-8-6-17(7-9-18)20(21-25-26-27-28(21)13-19(30)31-2)23-12-16-5-3-4-15(10-16)11-22/h3-10,20,23H,11-13,22H2,1-2H3,(H,24,29). The molecule has 1 atom stereocenters. The molecule has 0 aliphatic heterocycles. The molecule has 2 aromatic carbocycles. The number of esters is 1. The van der Waals surface area contributed by atoms with Gasteiger partial charge in [0.1, 0.15) is 6.54 Å². The molecule has 0 fully saturated rings. The Morgan fingerprint density at radius 2 is 1.90 bits per heavy atom. The Morgan fingerprint density at radius 1 is 1.16 bits per heavy atom. The number of anilines is 1. The molecule has 0 spiro atoms. The molecule has 1 amide bonds. The summed E-state index contributed by atoms with van der Waals surface area (Å²) in [5, 5.41) is 18.0. The zero-order chi connectivity index (χ0) is 22.2. The van der Waals surface area contributed by atoms with Gasteiger partial charge in [-0.15, -0.1) is 5.10 Å². The molecular formula is C21H25N7O3. The van der Waals surface area contributed by atoms with Crippen LogP contribution in [-0.2, 0) is 34.0 Å². The topological polar surface area (TPSA) is 137 Å². The van der Waals surface area contributed by atoms with Gasteiger partial charge in [-0.05, 0) is 39.2 Å². The van der Waals surface area contributed by atoms with Crippen LogP contribution < -0.4 is 16.4 Å². The number of carbonyl (C=O) groups is 2. The van der Waals surface area contributed by atoms with Crippen molar-refractivity contribution in [2.45, 2.75) is 32.6 Å². The van der Waals surface area contributed by atoms with Crippen molar-refractivity contribution in [3.8, 4) is 0 Å². The molecule has 0 bridgehead atoms. The molecule has 10 heteroatoms. The summed E-state index contributed by atoms with van der Waals surface area (Å²) < 4.78 is 6.15. The molecule has 4 N–H and O–H groups in total. The lowest BCUT2D eigenvalue weighted by Crippen LogP contribution is -2.27. The van der Waals surface area contributed by atoms with E-state index in [2.05, 4.69) is 26.2 Å². The lowest BCUT2D eigenvalue weighted by Gasteiger charge is -2.19. The van der Waals surface area contributed by atoms with Crippen LogP contribution in [0.15, 0.2) is 48.5 Å². The fourth-order valence-corrected chi connectivity index (χ4v) is 3.12. The minimum absolute atomic E-state index is 0.107. The van der Waals surface area contributed by atoms with E-state index < -0.39 is 12.0 Å². The van der Waals surface area contributed by atoms with Crippen LogP contribution >= 0.6 is 0 Å². The Bertz CT molecular complexity index is 1030. The molecule has 0 aliphatic rings. The number of rotatable bonds is 9. The highest BCUT2D eigenvalue weighted by Gasteiger charge is 2.22. The number of benzene rings is 2. The van der Waals surface area contributed by atoms with Gasteiger partial charge >= 0.3 is 5.97 Å². The SMILES string of the molecule is COC(=O)Cn1nnnc1C(NCc1cccc(CN)c1)c1ccc(NC(C)=O)cc1. The number of carbonyl (C=O) groups excluding carboxylic acids is 2. The van der Waals surface area contributed by atoms with Gasteiger partial charge in [0, 0.05) is 25.7 Å². The van der Waals surface area contributed by atoms with E-state index in [1.165, 1.54) is 18.7 Å². The van der Waals surface area contributed by atoms with Crippen molar-refractivity contribution in [1.29, 1.82) is 0 Å². The van der Waals surface area contributed by atoms with E-state index in [0.29, 0.717) is 24.6 Å². The summed E-state index contributed by atoms with van der Waals surface area (Å²) in [6.45, 7) is 2.33. The number of nitrogens with one attached hydrogen (secondary N) is 2. The maximum absolute atomic E-state index is 11.8. The first kappa shape index (κ1) is 22.1. The quantitative estimate of drug-likeness (QED) is 0.436. The number of amides is 1. The Balaban J connectivity index is 1.89. The Morgan fingerprint density at radius 3 is 2.58 bits per heavy atom. The molecular weight excluding hydrogens is 398 g/mol. The third-order valence-electron chi connectivity index (χ3n) is 4.63. The van der Waals surface area contributed by atoms with Gasteiger partial charge in [0.05, 0.1) is 13.2 Å². The molecule has 0 saturated carbocycles. The molecule has 3 aromatic rings. The summed E-state index contributed by atoms with van der Waals surface area (Å²) in [5.41, 5.74) is 9.38. The van der Waals surface area contributed by atoms with Crippen LogP contribution in [0.1, 0.15) is 35.5 Å². The molecule has 0 aliphatic carbocycles. The number of aromatic nitrogens is 4. The lowest BCUT2D eigenvalue weighted by atomic mass is 10.0. The average molecular weight is 423 g/mol. The number of tetrazole rings is 1. The minimum atomic E-state index is -0.455. The van der Waals surface area contributed by atoms with Gasteiger partial charge in [-0.25, -0.2) is 4.68 Å². The van der Waals surface area contributed by atoms with Crippen molar-refractivity contribution in [1.82, 2.24) is 25.5 Å². The predicted molar refractivity (Wildman–Crippen MR) is 114 cm³/mol. The monoisotopic (exact) mass is 423 g/mol. The Labute approximate surface area is 179 Å².